The molecule has 1 atom stereocenters. The molecule has 0 unspecified atom stereocenters. The molecule has 0 spiro atoms. The maximum absolute atomic E-state index is 13.0. The molecule has 0 saturated carbocycles. The first-order chi connectivity index (χ1) is 15.5. The number of ketones is 1. The summed E-state index contributed by atoms with van der Waals surface area (Å²) in [5, 5.41) is 16.4. The van der Waals surface area contributed by atoms with Crippen molar-refractivity contribution in [1.82, 2.24) is 15.1 Å². The first-order valence-corrected chi connectivity index (χ1v) is 11.9. The van der Waals surface area contributed by atoms with Gasteiger partial charge in [0.25, 0.3) is 11.7 Å². The van der Waals surface area contributed by atoms with Crippen LogP contribution in [0.4, 0.5) is 0 Å². The van der Waals surface area contributed by atoms with E-state index < -0.39 is 17.7 Å². The molecule has 0 bridgehead atoms. The Bertz CT molecular complexity index is 979. The molecule has 2 aliphatic heterocycles. The summed E-state index contributed by atoms with van der Waals surface area (Å²) >= 11 is 1.48. The van der Waals surface area contributed by atoms with Crippen LogP contribution < -0.4 is 10.1 Å². The van der Waals surface area contributed by atoms with Gasteiger partial charge in [-0.2, -0.15) is 0 Å². The first-order valence-electron chi connectivity index (χ1n) is 11.0. The first kappa shape index (κ1) is 22.5. The maximum Gasteiger partial charge on any atom is 0.295 e. The van der Waals surface area contributed by atoms with Crippen molar-refractivity contribution in [2.24, 2.45) is 0 Å². The Kier molecular flexibility index (Phi) is 6.93. The molecule has 1 amide bonds. The number of nitrogens with one attached hydrogen (secondary N) is 1. The fourth-order valence-electron chi connectivity index (χ4n) is 4.16. The van der Waals surface area contributed by atoms with Gasteiger partial charge < -0.3 is 20.1 Å². The van der Waals surface area contributed by atoms with Crippen LogP contribution >= 0.6 is 11.3 Å². The average Bonchev–Trinajstić information content (AvgIpc) is 3.40. The molecule has 2 saturated heterocycles. The zero-order valence-corrected chi connectivity index (χ0v) is 19.2. The van der Waals surface area contributed by atoms with Gasteiger partial charge in [0.2, 0.25) is 0 Å². The summed E-state index contributed by atoms with van der Waals surface area (Å²) in [5.74, 6) is -0.658. The van der Waals surface area contributed by atoms with Crippen molar-refractivity contribution >= 4 is 28.8 Å². The minimum absolute atomic E-state index is 0.0364. The summed E-state index contributed by atoms with van der Waals surface area (Å²) in [6.45, 7) is 8.68. The van der Waals surface area contributed by atoms with Gasteiger partial charge in [0.1, 0.15) is 11.5 Å². The number of nitrogens with zero attached hydrogens (tertiary/aromatic N) is 2. The van der Waals surface area contributed by atoms with Crippen LogP contribution in [-0.4, -0.2) is 72.0 Å². The summed E-state index contributed by atoms with van der Waals surface area (Å²) in [5.41, 5.74) is 0.637. The monoisotopic (exact) mass is 455 g/mol. The van der Waals surface area contributed by atoms with Crippen molar-refractivity contribution < 1.29 is 19.4 Å². The van der Waals surface area contributed by atoms with Crippen LogP contribution in [0.3, 0.4) is 0 Å². The lowest BCUT2D eigenvalue weighted by Gasteiger charge is -2.30. The zero-order valence-electron chi connectivity index (χ0n) is 18.4. The summed E-state index contributed by atoms with van der Waals surface area (Å²) in [6, 6.07) is 10.2. The average molecular weight is 456 g/mol. The van der Waals surface area contributed by atoms with Crippen LogP contribution in [0.25, 0.3) is 5.76 Å². The van der Waals surface area contributed by atoms with Gasteiger partial charge in [-0.1, -0.05) is 6.07 Å². The standard InChI is InChI=1S/C24H29N3O4S/c1-16(2)31-18-7-5-17(6-8-18)22(28)20-21(19-4-3-15-32-19)27(24(30)23(20)29)14-13-26-11-9-25-10-12-26/h3-8,15-16,21,25,28H,9-14H2,1-2H3/b22-20+/t21-/m1/s1. The molecule has 1 aromatic heterocycles. The highest BCUT2D eigenvalue weighted by Crippen LogP contribution is 2.41. The number of benzene rings is 1. The number of amides is 1. The third-order valence-electron chi connectivity index (χ3n) is 5.72. The number of carbonyl (C=O) groups excluding carboxylic acids is 2. The minimum Gasteiger partial charge on any atom is -0.507 e. The smallest absolute Gasteiger partial charge is 0.295 e. The second-order valence-electron chi connectivity index (χ2n) is 8.29. The van der Waals surface area contributed by atoms with Crippen molar-refractivity contribution in [3.8, 4) is 5.75 Å². The van der Waals surface area contributed by atoms with E-state index in [4.69, 9.17) is 4.74 Å². The fraction of sp³-hybridized carbons (Fsp3) is 0.417. The number of ether oxygens (including phenoxy) is 1. The Morgan fingerprint density at radius 3 is 2.50 bits per heavy atom. The van der Waals surface area contributed by atoms with Crippen molar-refractivity contribution in [3.05, 3.63) is 57.8 Å². The Morgan fingerprint density at radius 1 is 1.16 bits per heavy atom. The Morgan fingerprint density at radius 2 is 1.88 bits per heavy atom. The summed E-state index contributed by atoms with van der Waals surface area (Å²) in [7, 11) is 0. The lowest BCUT2D eigenvalue weighted by atomic mass is 10.00. The van der Waals surface area contributed by atoms with E-state index >= 15 is 0 Å². The molecular weight excluding hydrogens is 426 g/mol. The number of carbonyl (C=O) groups is 2. The van der Waals surface area contributed by atoms with E-state index in [9.17, 15) is 14.7 Å². The molecule has 3 heterocycles. The number of Topliss-reactive ketones (excluding diaryl/α,β-unsaturated/α-hetero) is 1. The number of piperazine rings is 1. The molecule has 7 nitrogen and oxygen atoms in total. The molecule has 0 aliphatic carbocycles. The Hall–Kier alpha value is -2.68. The molecule has 4 rings (SSSR count). The highest BCUT2D eigenvalue weighted by Gasteiger charge is 2.46. The van der Waals surface area contributed by atoms with Crippen LogP contribution in [0.15, 0.2) is 47.4 Å². The Labute approximate surface area is 192 Å². The van der Waals surface area contributed by atoms with E-state index in [2.05, 4.69) is 10.2 Å². The predicted molar refractivity (Wildman–Crippen MR) is 125 cm³/mol. The van der Waals surface area contributed by atoms with Crippen LogP contribution in [0.5, 0.6) is 5.75 Å². The van der Waals surface area contributed by atoms with Gasteiger partial charge in [-0.15, -0.1) is 11.3 Å². The number of aliphatic hydroxyl groups is 1. The van der Waals surface area contributed by atoms with E-state index in [0.29, 0.717) is 24.4 Å². The van der Waals surface area contributed by atoms with Crippen LogP contribution in [-0.2, 0) is 9.59 Å². The van der Waals surface area contributed by atoms with Crippen molar-refractivity contribution in [2.45, 2.75) is 26.0 Å². The summed E-state index contributed by atoms with van der Waals surface area (Å²) in [6.07, 6.45) is 0.0364. The SMILES string of the molecule is CC(C)Oc1ccc(/C(O)=C2\C(=O)C(=O)N(CCN3CCNCC3)[C@@H]2c2cccs2)cc1. The van der Waals surface area contributed by atoms with Crippen LogP contribution in [0.1, 0.15) is 30.3 Å². The molecule has 2 N–H and O–H groups in total. The van der Waals surface area contributed by atoms with Crippen LogP contribution in [0, 0.1) is 0 Å². The van der Waals surface area contributed by atoms with E-state index in [1.54, 1.807) is 29.2 Å². The van der Waals surface area contributed by atoms with E-state index in [0.717, 1.165) is 31.1 Å². The normalized spacial score (nSPS) is 21.5. The molecular formula is C24H29N3O4S. The summed E-state index contributed by atoms with van der Waals surface area (Å²) in [4.78, 5) is 30.8. The Balaban J connectivity index is 1.64. The van der Waals surface area contributed by atoms with E-state index in [-0.39, 0.29) is 17.4 Å². The van der Waals surface area contributed by atoms with Gasteiger partial charge in [-0.05, 0) is 49.6 Å². The highest BCUT2D eigenvalue weighted by atomic mass is 32.1. The van der Waals surface area contributed by atoms with Crippen molar-refractivity contribution in [2.75, 3.05) is 39.3 Å². The second-order valence-corrected chi connectivity index (χ2v) is 9.27. The van der Waals surface area contributed by atoms with Crippen molar-refractivity contribution in [1.29, 1.82) is 0 Å². The quantitative estimate of drug-likeness (QED) is 0.380. The topological polar surface area (TPSA) is 82.1 Å². The van der Waals surface area contributed by atoms with Gasteiger partial charge in [-0.25, -0.2) is 0 Å². The second kappa shape index (κ2) is 9.85. The maximum atomic E-state index is 13.0. The number of aliphatic hydroxyl groups excluding tert-OH is 1. The number of likely N-dealkylation sites (tertiary alicyclic amines) is 1. The lowest BCUT2D eigenvalue weighted by Crippen LogP contribution is -2.46. The molecule has 1 aromatic carbocycles. The predicted octanol–water partition coefficient (Wildman–Crippen LogP) is 2.86. The molecule has 8 heteroatoms. The van der Waals surface area contributed by atoms with Gasteiger partial charge >= 0.3 is 0 Å². The molecule has 2 aromatic rings. The number of thiophene rings is 1. The summed E-state index contributed by atoms with van der Waals surface area (Å²) < 4.78 is 5.66. The molecule has 0 radical (unpaired) electrons. The number of rotatable bonds is 7. The lowest BCUT2D eigenvalue weighted by molar-refractivity contribution is -0.140. The van der Waals surface area contributed by atoms with Gasteiger partial charge in [-0.3, -0.25) is 14.5 Å². The minimum atomic E-state index is -0.635. The number of hydrogen-bond donors (Lipinski definition) is 2. The van der Waals surface area contributed by atoms with Gasteiger partial charge in [0.15, 0.2) is 0 Å². The van der Waals surface area contributed by atoms with E-state index in [1.807, 2.05) is 31.4 Å². The van der Waals surface area contributed by atoms with Gasteiger partial charge in [0.05, 0.1) is 17.7 Å². The molecule has 2 aliphatic rings. The van der Waals surface area contributed by atoms with Gasteiger partial charge in [0, 0.05) is 49.7 Å². The third-order valence-corrected chi connectivity index (χ3v) is 6.64. The zero-order chi connectivity index (χ0) is 22.7. The largest absolute Gasteiger partial charge is 0.507 e. The molecule has 32 heavy (non-hydrogen) atoms. The molecule has 2 fully saturated rings. The fourth-order valence-corrected chi connectivity index (χ4v) is 5.00. The van der Waals surface area contributed by atoms with Crippen LogP contribution in [0.2, 0.25) is 0 Å². The third kappa shape index (κ3) is 4.72. The highest BCUT2D eigenvalue weighted by molar-refractivity contribution is 7.10. The van der Waals surface area contributed by atoms with Crippen molar-refractivity contribution in [3.63, 3.8) is 0 Å². The van der Waals surface area contributed by atoms with E-state index in [1.165, 1.54) is 11.3 Å². The molecule has 170 valence electrons. The number of hydrogen-bond acceptors (Lipinski definition) is 7.